The van der Waals surface area contributed by atoms with Crippen molar-refractivity contribution in [3.8, 4) is 5.75 Å². The number of aryl methyl sites for hydroxylation is 1. The van der Waals surface area contributed by atoms with Gasteiger partial charge in [0.1, 0.15) is 12.4 Å². The third-order valence-electron chi connectivity index (χ3n) is 4.56. The largest absolute Gasteiger partial charge is 0.483 e. The molecule has 0 bridgehead atoms. The van der Waals surface area contributed by atoms with Crippen LogP contribution < -0.4 is 15.6 Å². The Hall–Kier alpha value is -3.98. The van der Waals surface area contributed by atoms with Gasteiger partial charge in [-0.15, -0.1) is 11.3 Å². The van der Waals surface area contributed by atoms with Gasteiger partial charge in [-0.1, -0.05) is 18.2 Å². The molecule has 0 atom stereocenters. The third kappa shape index (κ3) is 5.01. The number of fused-ring (bicyclic) bond motifs is 1. The molecule has 0 aliphatic carbocycles. The van der Waals surface area contributed by atoms with Crippen LogP contribution in [0, 0.1) is 6.92 Å². The second kappa shape index (κ2) is 9.44. The first-order valence-electron chi connectivity index (χ1n) is 9.71. The molecule has 0 aliphatic rings. The van der Waals surface area contributed by atoms with E-state index in [9.17, 15) is 14.4 Å². The lowest BCUT2D eigenvalue weighted by Crippen LogP contribution is -2.20. The number of anilines is 1. The number of ether oxygens (including phenoxy) is 2. The van der Waals surface area contributed by atoms with Gasteiger partial charge in [0, 0.05) is 23.3 Å². The van der Waals surface area contributed by atoms with Gasteiger partial charge in [-0.2, -0.15) is 0 Å². The fourth-order valence-electron chi connectivity index (χ4n) is 2.93. The molecule has 32 heavy (non-hydrogen) atoms. The molecule has 1 N–H and O–H groups in total. The summed E-state index contributed by atoms with van der Waals surface area (Å²) >= 11 is 1.32. The van der Waals surface area contributed by atoms with Crippen molar-refractivity contribution in [2.75, 3.05) is 11.9 Å². The molecule has 8 nitrogen and oxygen atoms in total. The number of thiazole rings is 1. The molecule has 2 heterocycles. The second-order valence-corrected chi connectivity index (χ2v) is 7.77. The van der Waals surface area contributed by atoms with Gasteiger partial charge < -0.3 is 14.8 Å². The summed E-state index contributed by atoms with van der Waals surface area (Å²) < 4.78 is 12.2. The number of amides is 1. The molecule has 0 spiro atoms. The average molecular weight is 449 g/mol. The van der Waals surface area contributed by atoms with Gasteiger partial charge in [0.05, 0.1) is 11.3 Å². The Bertz CT molecular complexity index is 1330. The molecule has 4 rings (SSSR count). The maximum atomic E-state index is 12.3. The van der Waals surface area contributed by atoms with Crippen LogP contribution in [0.5, 0.6) is 5.75 Å². The zero-order valence-corrected chi connectivity index (χ0v) is 17.9. The fourth-order valence-corrected chi connectivity index (χ4v) is 3.67. The van der Waals surface area contributed by atoms with Crippen molar-refractivity contribution < 1.29 is 19.1 Å². The summed E-state index contributed by atoms with van der Waals surface area (Å²) in [6.07, 6.45) is 1.64. The van der Waals surface area contributed by atoms with Crippen LogP contribution in [0.25, 0.3) is 4.96 Å². The van der Waals surface area contributed by atoms with Crippen molar-refractivity contribution in [3.63, 3.8) is 0 Å². The third-order valence-corrected chi connectivity index (χ3v) is 5.32. The van der Waals surface area contributed by atoms with Crippen molar-refractivity contribution in [3.05, 3.63) is 93.3 Å². The predicted molar refractivity (Wildman–Crippen MR) is 120 cm³/mol. The summed E-state index contributed by atoms with van der Waals surface area (Å²) in [6, 6.07) is 15.1. The van der Waals surface area contributed by atoms with Gasteiger partial charge in [0.25, 0.3) is 11.5 Å². The van der Waals surface area contributed by atoms with Crippen molar-refractivity contribution in [2.24, 2.45) is 0 Å². The van der Waals surface area contributed by atoms with Gasteiger partial charge in [0.2, 0.25) is 0 Å². The zero-order chi connectivity index (χ0) is 22.5. The first-order chi connectivity index (χ1) is 15.5. The summed E-state index contributed by atoms with van der Waals surface area (Å²) in [7, 11) is 0. The molecular formula is C23H19N3O5S. The number of hydrogen-bond acceptors (Lipinski definition) is 7. The van der Waals surface area contributed by atoms with Crippen LogP contribution in [-0.2, 0) is 16.1 Å². The van der Waals surface area contributed by atoms with Crippen LogP contribution >= 0.6 is 11.3 Å². The Morgan fingerprint density at radius 3 is 2.69 bits per heavy atom. The van der Waals surface area contributed by atoms with Crippen molar-refractivity contribution in [1.29, 1.82) is 0 Å². The van der Waals surface area contributed by atoms with Crippen LogP contribution in [0.2, 0.25) is 0 Å². The topological polar surface area (TPSA) is 99.0 Å². The number of nitrogens with one attached hydrogen (secondary N) is 1. The van der Waals surface area contributed by atoms with E-state index >= 15 is 0 Å². The minimum atomic E-state index is -0.557. The maximum absolute atomic E-state index is 12.3. The summed E-state index contributed by atoms with van der Waals surface area (Å²) in [5.41, 5.74) is 1.93. The highest BCUT2D eigenvalue weighted by molar-refractivity contribution is 7.15. The lowest BCUT2D eigenvalue weighted by Gasteiger charge is -2.10. The lowest BCUT2D eigenvalue weighted by atomic mass is 10.2. The standard InChI is InChI=1S/C23H19N3O5S/c1-15-4-2-3-5-19(15)30-14-20(27)24-17-8-6-16(7-9-17)22(29)31-13-18-12-21(28)26-10-11-32-23(26)25-18/h2-12H,13-14H2,1H3,(H,24,27). The smallest absolute Gasteiger partial charge is 0.338 e. The van der Waals surface area contributed by atoms with Crippen molar-refractivity contribution in [1.82, 2.24) is 9.38 Å². The Morgan fingerprint density at radius 1 is 1.12 bits per heavy atom. The van der Waals surface area contributed by atoms with Crippen molar-refractivity contribution >= 4 is 33.9 Å². The number of hydrogen-bond donors (Lipinski definition) is 1. The number of rotatable bonds is 7. The SMILES string of the molecule is Cc1ccccc1OCC(=O)Nc1ccc(C(=O)OCc2cc(=O)n3ccsc3n2)cc1. The van der Waals surface area contributed by atoms with Crippen LogP contribution in [-0.4, -0.2) is 27.9 Å². The van der Waals surface area contributed by atoms with Gasteiger partial charge >= 0.3 is 5.97 Å². The van der Waals surface area contributed by atoms with Crippen LogP contribution in [0.4, 0.5) is 5.69 Å². The Kier molecular flexibility index (Phi) is 6.27. The van der Waals surface area contributed by atoms with E-state index in [0.29, 0.717) is 27.7 Å². The first kappa shape index (κ1) is 21.3. The van der Waals surface area contributed by atoms with Crippen LogP contribution in [0.15, 0.2) is 71.0 Å². The molecule has 0 aliphatic heterocycles. The van der Waals surface area contributed by atoms with E-state index in [-0.39, 0.29) is 24.7 Å². The van der Waals surface area contributed by atoms with E-state index in [1.165, 1.54) is 21.8 Å². The Balaban J connectivity index is 1.30. The number of nitrogens with zero attached hydrogens (tertiary/aromatic N) is 2. The molecule has 0 unspecified atom stereocenters. The van der Waals surface area contributed by atoms with E-state index in [4.69, 9.17) is 9.47 Å². The van der Waals surface area contributed by atoms with Crippen molar-refractivity contribution in [2.45, 2.75) is 13.5 Å². The lowest BCUT2D eigenvalue weighted by molar-refractivity contribution is -0.118. The fraction of sp³-hybridized carbons (Fsp3) is 0.130. The molecule has 0 fully saturated rings. The molecule has 2 aromatic carbocycles. The molecular weight excluding hydrogens is 430 g/mol. The number of para-hydroxylation sites is 1. The summed E-state index contributed by atoms with van der Waals surface area (Å²) in [4.78, 5) is 41.2. The second-order valence-electron chi connectivity index (χ2n) is 6.90. The number of carbonyl (C=O) groups excluding carboxylic acids is 2. The Labute approximate surface area is 187 Å². The normalized spacial score (nSPS) is 10.7. The minimum absolute atomic E-state index is 0.114. The minimum Gasteiger partial charge on any atom is -0.483 e. The summed E-state index contributed by atoms with van der Waals surface area (Å²) in [5.74, 6) is -0.222. The van der Waals surface area contributed by atoms with Gasteiger partial charge in [-0.3, -0.25) is 14.0 Å². The summed E-state index contributed by atoms with van der Waals surface area (Å²) in [5, 5.41) is 4.47. The first-order valence-corrected chi connectivity index (χ1v) is 10.6. The number of esters is 1. The quantitative estimate of drug-likeness (QED) is 0.434. The highest BCUT2D eigenvalue weighted by Gasteiger charge is 2.11. The molecule has 162 valence electrons. The molecule has 1 amide bonds. The van der Waals surface area contributed by atoms with E-state index < -0.39 is 5.97 Å². The van der Waals surface area contributed by atoms with Crippen LogP contribution in [0.1, 0.15) is 21.6 Å². The van der Waals surface area contributed by atoms with E-state index in [1.807, 2.05) is 25.1 Å². The number of benzene rings is 2. The van der Waals surface area contributed by atoms with Crippen LogP contribution in [0.3, 0.4) is 0 Å². The average Bonchev–Trinajstić information content (AvgIpc) is 3.27. The van der Waals surface area contributed by atoms with Gasteiger partial charge in [-0.05, 0) is 42.8 Å². The predicted octanol–water partition coefficient (Wildman–Crippen LogP) is 3.44. The highest BCUT2D eigenvalue weighted by Crippen LogP contribution is 2.16. The van der Waals surface area contributed by atoms with E-state index in [0.717, 1.165) is 5.56 Å². The monoisotopic (exact) mass is 449 g/mol. The molecule has 0 radical (unpaired) electrons. The molecule has 9 heteroatoms. The zero-order valence-electron chi connectivity index (χ0n) is 17.1. The van der Waals surface area contributed by atoms with Gasteiger partial charge in [0.15, 0.2) is 11.6 Å². The molecule has 0 saturated heterocycles. The number of carbonyl (C=O) groups is 2. The molecule has 0 saturated carbocycles. The van der Waals surface area contributed by atoms with E-state index in [1.54, 1.807) is 41.9 Å². The highest BCUT2D eigenvalue weighted by atomic mass is 32.1. The molecule has 2 aromatic heterocycles. The molecule has 4 aromatic rings. The number of aromatic nitrogens is 2. The maximum Gasteiger partial charge on any atom is 0.338 e. The van der Waals surface area contributed by atoms with Gasteiger partial charge in [-0.25, -0.2) is 9.78 Å². The Morgan fingerprint density at radius 2 is 1.91 bits per heavy atom. The summed E-state index contributed by atoms with van der Waals surface area (Å²) in [6.45, 7) is 1.66. The van der Waals surface area contributed by atoms with E-state index in [2.05, 4.69) is 10.3 Å².